The predicted octanol–water partition coefficient (Wildman–Crippen LogP) is 3.20. The fourth-order valence-electron chi connectivity index (χ4n) is 4.74. The Morgan fingerprint density at radius 1 is 1.10 bits per heavy atom. The molecule has 2 unspecified atom stereocenters. The van der Waals surface area contributed by atoms with Crippen molar-refractivity contribution >= 4 is 11.9 Å². The topological polar surface area (TPSA) is 88.3 Å². The number of fused-ring (bicyclic) bond motifs is 2. The van der Waals surface area contributed by atoms with Gasteiger partial charge in [0, 0.05) is 36.6 Å². The summed E-state index contributed by atoms with van der Waals surface area (Å²) in [5.41, 5.74) is 3.32. The molecule has 3 aromatic rings. The number of aryl methyl sites for hydroxylation is 3. The van der Waals surface area contributed by atoms with E-state index in [9.17, 15) is 4.79 Å². The zero-order chi connectivity index (χ0) is 21.5. The summed E-state index contributed by atoms with van der Waals surface area (Å²) < 4.78 is 5.33. The molecule has 160 valence electrons. The maximum atomic E-state index is 13.5. The van der Waals surface area contributed by atoms with Gasteiger partial charge in [-0.2, -0.15) is 4.98 Å². The molecule has 2 aliphatic heterocycles. The number of carbonyl (C=O) groups is 1. The van der Waals surface area contributed by atoms with E-state index < -0.39 is 0 Å². The molecule has 1 amide bonds. The van der Waals surface area contributed by atoms with E-state index in [0.717, 1.165) is 36.6 Å². The monoisotopic (exact) mass is 418 g/mol. The van der Waals surface area contributed by atoms with Gasteiger partial charge in [-0.3, -0.25) is 4.79 Å². The second-order valence-electron chi connectivity index (χ2n) is 8.35. The number of anilines is 1. The number of likely N-dealkylation sites (tertiary alicyclic amines) is 1. The predicted molar refractivity (Wildman–Crippen MR) is 116 cm³/mol. The fourth-order valence-corrected chi connectivity index (χ4v) is 4.74. The highest BCUT2D eigenvalue weighted by molar-refractivity contribution is 6.00. The van der Waals surface area contributed by atoms with Gasteiger partial charge in [-0.15, -0.1) is 0 Å². The van der Waals surface area contributed by atoms with Crippen LogP contribution in [0.15, 0.2) is 34.9 Å². The second kappa shape index (κ2) is 7.76. The lowest BCUT2D eigenvalue weighted by molar-refractivity contribution is 0.0717. The molecule has 0 saturated carbocycles. The van der Waals surface area contributed by atoms with Crippen molar-refractivity contribution in [3.63, 3.8) is 0 Å². The van der Waals surface area contributed by atoms with Crippen LogP contribution in [0.5, 0.6) is 0 Å². The summed E-state index contributed by atoms with van der Waals surface area (Å²) in [6.45, 7) is 7.21. The Balaban J connectivity index is 1.41. The Bertz CT molecular complexity index is 1110. The summed E-state index contributed by atoms with van der Waals surface area (Å²) in [7, 11) is 0. The Kier molecular flexibility index (Phi) is 4.92. The van der Waals surface area contributed by atoms with E-state index in [2.05, 4.69) is 22.0 Å². The molecule has 0 spiro atoms. The molecular weight excluding hydrogens is 392 g/mol. The lowest BCUT2D eigenvalue weighted by Crippen LogP contribution is -2.56. The van der Waals surface area contributed by atoms with Crippen LogP contribution in [0, 0.1) is 13.8 Å². The lowest BCUT2D eigenvalue weighted by Gasteiger charge is -2.41. The van der Waals surface area contributed by atoms with Gasteiger partial charge in [0.2, 0.25) is 5.95 Å². The van der Waals surface area contributed by atoms with E-state index in [1.54, 1.807) is 6.92 Å². The molecule has 2 fully saturated rings. The van der Waals surface area contributed by atoms with Crippen molar-refractivity contribution in [2.75, 3.05) is 18.0 Å². The van der Waals surface area contributed by atoms with Crippen molar-refractivity contribution in [3.05, 3.63) is 53.1 Å². The van der Waals surface area contributed by atoms with Crippen molar-refractivity contribution in [1.82, 2.24) is 25.0 Å². The van der Waals surface area contributed by atoms with Gasteiger partial charge in [0.25, 0.3) is 11.8 Å². The highest BCUT2D eigenvalue weighted by atomic mass is 16.5. The second-order valence-corrected chi connectivity index (χ2v) is 8.35. The Labute approximate surface area is 181 Å². The minimum Gasteiger partial charge on any atom is -0.334 e. The molecule has 0 N–H and O–H groups in total. The summed E-state index contributed by atoms with van der Waals surface area (Å²) in [5.74, 6) is 1.73. The van der Waals surface area contributed by atoms with Gasteiger partial charge >= 0.3 is 0 Å². The zero-order valence-electron chi connectivity index (χ0n) is 18.1. The van der Waals surface area contributed by atoms with E-state index in [-0.39, 0.29) is 18.0 Å². The van der Waals surface area contributed by atoms with E-state index in [1.165, 1.54) is 0 Å². The minimum absolute atomic E-state index is 0.00223. The van der Waals surface area contributed by atoms with Gasteiger partial charge in [0.05, 0.1) is 11.1 Å². The first-order chi connectivity index (χ1) is 15.0. The van der Waals surface area contributed by atoms with Crippen LogP contribution in [0.3, 0.4) is 0 Å². The first-order valence-corrected chi connectivity index (χ1v) is 10.9. The molecule has 4 heterocycles. The molecule has 0 radical (unpaired) electrons. The summed E-state index contributed by atoms with van der Waals surface area (Å²) in [5, 5.41) is 3.87. The largest absolute Gasteiger partial charge is 0.334 e. The first kappa shape index (κ1) is 19.7. The van der Waals surface area contributed by atoms with Crippen LogP contribution >= 0.6 is 0 Å². The quantitative estimate of drug-likeness (QED) is 0.643. The number of piperazine rings is 1. The number of carbonyl (C=O) groups excluding carboxylic acids is 1. The molecule has 1 aromatic carbocycles. The Morgan fingerprint density at radius 3 is 2.52 bits per heavy atom. The number of amides is 1. The van der Waals surface area contributed by atoms with Crippen molar-refractivity contribution in [2.45, 2.75) is 52.1 Å². The van der Waals surface area contributed by atoms with Crippen molar-refractivity contribution in [1.29, 1.82) is 0 Å². The van der Waals surface area contributed by atoms with E-state index >= 15 is 0 Å². The minimum atomic E-state index is 0.00223. The molecule has 2 atom stereocenters. The number of hydrogen-bond acceptors (Lipinski definition) is 7. The molecule has 2 bridgehead atoms. The molecule has 31 heavy (non-hydrogen) atoms. The van der Waals surface area contributed by atoms with E-state index in [1.807, 2.05) is 42.2 Å². The number of nitrogens with zero attached hydrogens (tertiary/aromatic N) is 6. The fraction of sp³-hybridized carbons (Fsp3) is 0.435. The maximum absolute atomic E-state index is 13.5. The Morgan fingerprint density at radius 2 is 1.84 bits per heavy atom. The van der Waals surface area contributed by atoms with Crippen LogP contribution < -0.4 is 4.90 Å². The molecular formula is C23H26N6O2. The molecule has 8 nitrogen and oxygen atoms in total. The first-order valence-electron chi connectivity index (χ1n) is 10.9. The van der Waals surface area contributed by atoms with Crippen LogP contribution in [0.4, 0.5) is 5.95 Å². The van der Waals surface area contributed by atoms with E-state index in [4.69, 9.17) is 14.5 Å². The third-order valence-electron chi connectivity index (χ3n) is 6.17. The van der Waals surface area contributed by atoms with Gasteiger partial charge in [-0.05, 0) is 51.3 Å². The van der Waals surface area contributed by atoms with Crippen molar-refractivity contribution < 1.29 is 9.32 Å². The number of aromatic nitrogens is 4. The third-order valence-corrected chi connectivity index (χ3v) is 6.17. The maximum Gasteiger partial charge on any atom is 0.258 e. The standard InChI is InChI=1S/C23H26N6O2/c1-4-16-11-14(2)24-23(26-16)29-17-9-10-18(29)13-28(12-17)22(30)20-8-6-5-7-19(20)21-25-15(3)27-31-21/h5-8,11,17-18H,4,9-10,12-13H2,1-3H3. The number of hydrogen-bond donors (Lipinski definition) is 0. The highest BCUT2D eigenvalue weighted by Crippen LogP contribution is 2.34. The average molecular weight is 419 g/mol. The SMILES string of the molecule is CCc1cc(C)nc(N2C3CCC2CN(C(=O)c2ccccc2-c2nc(C)no2)C3)n1. The Hall–Kier alpha value is -3.29. The summed E-state index contributed by atoms with van der Waals surface area (Å²) in [6.07, 6.45) is 2.96. The van der Waals surface area contributed by atoms with E-state index in [0.29, 0.717) is 35.9 Å². The van der Waals surface area contributed by atoms with Gasteiger partial charge in [0.15, 0.2) is 5.82 Å². The number of benzene rings is 1. The van der Waals surface area contributed by atoms with Crippen LogP contribution in [0.2, 0.25) is 0 Å². The average Bonchev–Trinajstić information content (AvgIpc) is 3.32. The molecule has 5 rings (SSSR count). The van der Waals surface area contributed by atoms with Gasteiger partial charge < -0.3 is 14.3 Å². The molecule has 0 aliphatic carbocycles. The smallest absolute Gasteiger partial charge is 0.258 e. The lowest BCUT2D eigenvalue weighted by atomic mass is 10.0. The molecule has 2 aliphatic rings. The van der Waals surface area contributed by atoms with Gasteiger partial charge in [-0.25, -0.2) is 9.97 Å². The van der Waals surface area contributed by atoms with Crippen molar-refractivity contribution in [2.24, 2.45) is 0 Å². The number of rotatable bonds is 4. The van der Waals surface area contributed by atoms with Gasteiger partial charge in [-0.1, -0.05) is 24.2 Å². The summed E-state index contributed by atoms with van der Waals surface area (Å²) >= 11 is 0. The van der Waals surface area contributed by atoms with Crippen LogP contribution in [0.1, 0.15) is 47.3 Å². The van der Waals surface area contributed by atoms with Crippen LogP contribution in [0.25, 0.3) is 11.5 Å². The third kappa shape index (κ3) is 3.56. The molecule has 2 aromatic heterocycles. The highest BCUT2D eigenvalue weighted by Gasteiger charge is 2.43. The van der Waals surface area contributed by atoms with Crippen molar-refractivity contribution in [3.8, 4) is 11.5 Å². The molecule has 8 heteroatoms. The summed E-state index contributed by atoms with van der Waals surface area (Å²) in [4.78, 5) is 31.6. The normalized spacial score (nSPS) is 20.4. The summed E-state index contributed by atoms with van der Waals surface area (Å²) in [6, 6.07) is 9.95. The van der Waals surface area contributed by atoms with Crippen LogP contribution in [-0.4, -0.2) is 56.1 Å². The van der Waals surface area contributed by atoms with Gasteiger partial charge in [0.1, 0.15) is 0 Å². The van der Waals surface area contributed by atoms with Crippen LogP contribution in [-0.2, 0) is 6.42 Å². The zero-order valence-corrected chi connectivity index (χ0v) is 18.1. The molecule has 2 saturated heterocycles.